The first kappa shape index (κ1) is 42.6. The van der Waals surface area contributed by atoms with Gasteiger partial charge in [-0.25, -0.2) is 0 Å². The predicted molar refractivity (Wildman–Crippen MR) is 182 cm³/mol. The van der Waals surface area contributed by atoms with Crippen LogP contribution in [0.5, 0.6) is 23.0 Å². The molecule has 0 bridgehead atoms. The first-order chi connectivity index (χ1) is 25.2. The molecule has 2 unspecified atom stereocenters. The van der Waals surface area contributed by atoms with Crippen LogP contribution in [-0.2, 0) is 59.0 Å². The van der Waals surface area contributed by atoms with E-state index in [-0.39, 0.29) is 48.7 Å². The molecule has 0 aliphatic heterocycles. The Hall–Kier alpha value is -4.10. The summed E-state index contributed by atoms with van der Waals surface area (Å²) in [5.74, 6) is 0.201. The summed E-state index contributed by atoms with van der Waals surface area (Å²) < 4.78 is 179. The van der Waals surface area contributed by atoms with Gasteiger partial charge in [-0.15, -0.1) is 0 Å². The van der Waals surface area contributed by atoms with E-state index in [0.717, 1.165) is 24.3 Å². The molecule has 11 nitrogen and oxygen atoms in total. The highest BCUT2D eigenvalue weighted by Gasteiger charge is 2.41. The standard InChI is InChI=1S/C34H31F6O11PS2/c35-33(36,37)25-11-5-15-29(21-25)48-27-13-1-7-23(19-27)9-3-17-31(53(42,43)44)50-52(41)51-32(54(45,46)47)18-4-10-24-8-2-14-28(20-24)49-30-16-6-12-26(22-30)34(38,39)40/h1-2,5-8,11-16,19-22,31-32H,3-4,9-10,17-18H2,(H-,42,43,44,45,46,47)/p+1. The van der Waals surface area contributed by atoms with Gasteiger partial charge in [0.15, 0.2) is 0 Å². The lowest BCUT2D eigenvalue weighted by Crippen LogP contribution is -2.25. The zero-order chi connectivity index (χ0) is 39.7. The lowest BCUT2D eigenvalue weighted by atomic mass is 10.1. The molecule has 4 aromatic carbocycles. The van der Waals surface area contributed by atoms with E-state index in [1.54, 1.807) is 24.3 Å². The van der Waals surface area contributed by atoms with E-state index in [1.165, 1.54) is 48.5 Å². The number of halogens is 6. The lowest BCUT2D eigenvalue weighted by molar-refractivity contribution is -0.138. The number of hydrogen-bond acceptors (Lipinski definition) is 9. The zero-order valence-electron chi connectivity index (χ0n) is 27.7. The highest BCUT2D eigenvalue weighted by Crippen LogP contribution is 2.36. The molecule has 2 N–H and O–H groups in total. The molecule has 0 fully saturated rings. The van der Waals surface area contributed by atoms with E-state index in [1.807, 2.05) is 0 Å². The molecule has 0 saturated carbocycles. The molecule has 0 aromatic heterocycles. The molecule has 20 heteroatoms. The molecule has 0 aliphatic rings. The topological polar surface area (TPSA) is 163 Å². The molecule has 0 saturated heterocycles. The molecule has 0 amide bonds. The molecular formula is C34H32F6O11PS2+. The van der Waals surface area contributed by atoms with Gasteiger partial charge in [-0.2, -0.15) is 43.2 Å². The summed E-state index contributed by atoms with van der Waals surface area (Å²) in [5, 5.41) is 0. The van der Waals surface area contributed by atoms with Crippen LogP contribution in [-0.4, -0.2) is 36.8 Å². The SMILES string of the molecule is O=[P+](OC(CCCc1cccc(Oc2cccc(C(F)(F)F)c2)c1)S(=O)(=O)O)OC(CCCc1cccc(Oc2cccc(C(F)(F)F)c2)c1)S(=O)(=O)O. The number of rotatable bonds is 18. The fourth-order valence-corrected chi connectivity index (χ4v) is 7.81. The van der Waals surface area contributed by atoms with Crippen molar-refractivity contribution >= 4 is 28.5 Å². The molecule has 0 heterocycles. The van der Waals surface area contributed by atoms with Gasteiger partial charge >= 0.3 is 20.6 Å². The minimum atomic E-state index is -5.02. The molecule has 0 aliphatic carbocycles. The van der Waals surface area contributed by atoms with Crippen molar-refractivity contribution in [1.82, 2.24) is 0 Å². The van der Waals surface area contributed by atoms with Gasteiger partial charge in [-0.3, -0.25) is 9.11 Å². The summed E-state index contributed by atoms with van der Waals surface area (Å²) in [6, 6.07) is 20.7. The van der Waals surface area contributed by atoms with Crippen molar-refractivity contribution in [2.24, 2.45) is 0 Å². The van der Waals surface area contributed by atoms with E-state index in [2.05, 4.69) is 0 Å². The molecule has 292 valence electrons. The quantitative estimate of drug-likeness (QED) is 0.0558. The minimum absolute atomic E-state index is 0.0150. The molecule has 0 spiro atoms. The van der Waals surface area contributed by atoms with E-state index in [0.29, 0.717) is 11.1 Å². The van der Waals surface area contributed by atoms with Gasteiger partial charge in [-0.1, -0.05) is 45.4 Å². The summed E-state index contributed by atoms with van der Waals surface area (Å²) in [7, 11) is -13.6. The van der Waals surface area contributed by atoms with Gasteiger partial charge in [0.25, 0.3) is 20.2 Å². The first-order valence-corrected chi connectivity index (χ1v) is 19.9. The third-order valence-electron chi connectivity index (χ3n) is 7.47. The second kappa shape index (κ2) is 18.0. The van der Waals surface area contributed by atoms with Crippen LogP contribution in [0.15, 0.2) is 97.1 Å². The maximum absolute atomic E-state index is 13.0. The summed E-state index contributed by atoms with van der Waals surface area (Å²) in [6.45, 7) is 0. The Labute approximate surface area is 307 Å². The van der Waals surface area contributed by atoms with Crippen molar-refractivity contribution in [3.05, 3.63) is 119 Å². The monoisotopic (exact) mass is 825 g/mol. The average Bonchev–Trinajstić information content (AvgIpc) is 3.06. The molecule has 4 aromatic rings. The molecule has 54 heavy (non-hydrogen) atoms. The first-order valence-electron chi connectivity index (χ1n) is 15.8. The predicted octanol–water partition coefficient (Wildman–Crippen LogP) is 9.77. The Kier molecular flexibility index (Phi) is 14.2. The third-order valence-corrected chi connectivity index (χ3v) is 10.6. The van der Waals surface area contributed by atoms with Crippen LogP contribution in [0.3, 0.4) is 0 Å². The largest absolute Gasteiger partial charge is 0.700 e. The summed E-state index contributed by atoms with van der Waals surface area (Å²) in [4.78, 5) is 0. The van der Waals surface area contributed by atoms with E-state index in [4.69, 9.17) is 18.5 Å². The molecule has 2 atom stereocenters. The Bertz CT molecular complexity index is 1980. The van der Waals surface area contributed by atoms with Crippen molar-refractivity contribution < 1.29 is 75.4 Å². The Morgan fingerprint density at radius 2 is 0.889 bits per heavy atom. The van der Waals surface area contributed by atoms with Crippen molar-refractivity contribution in [1.29, 1.82) is 0 Å². The zero-order valence-corrected chi connectivity index (χ0v) is 30.3. The normalized spacial score (nSPS) is 14.0. The summed E-state index contributed by atoms with van der Waals surface area (Å²) in [5.41, 5.74) is -4.99. The van der Waals surface area contributed by atoms with Crippen LogP contribution < -0.4 is 9.47 Å². The Balaban J connectivity index is 1.30. The second-order valence-corrected chi connectivity index (χ2v) is 15.6. The van der Waals surface area contributed by atoms with Crippen LogP contribution in [0.1, 0.15) is 47.9 Å². The summed E-state index contributed by atoms with van der Waals surface area (Å²) in [6.07, 6.45) is -9.85. The van der Waals surface area contributed by atoms with Crippen LogP contribution in [0.2, 0.25) is 0 Å². The maximum atomic E-state index is 13.0. The second-order valence-electron chi connectivity index (χ2n) is 11.7. The molecule has 4 rings (SSSR count). The smallest absolute Gasteiger partial charge is 0.457 e. The van der Waals surface area contributed by atoms with Crippen molar-refractivity contribution in [2.45, 2.75) is 61.7 Å². The van der Waals surface area contributed by atoms with Crippen molar-refractivity contribution in [3.8, 4) is 23.0 Å². The lowest BCUT2D eigenvalue weighted by Gasteiger charge is -2.12. The number of hydrogen-bond donors (Lipinski definition) is 2. The van der Waals surface area contributed by atoms with Crippen LogP contribution in [0.4, 0.5) is 26.3 Å². The number of ether oxygens (including phenoxy) is 2. The fourth-order valence-electron chi connectivity index (χ4n) is 4.95. The van der Waals surface area contributed by atoms with E-state index in [9.17, 15) is 56.8 Å². The van der Waals surface area contributed by atoms with Gasteiger partial charge in [0.2, 0.25) is 10.9 Å². The average molecular weight is 826 g/mol. The number of benzene rings is 4. The number of aryl methyl sites for hydroxylation is 2. The van der Waals surface area contributed by atoms with Crippen LogP contribution in [0, 0.1) is 0 Å². The third kappa shape index (κ3) is 13.6. The van der Waals surface area contributed by atoms with Gasteiger partial charge in [-0.05, 0) is 110 Å². The molecule has 0 radical (unpaired) electrons. The van der Waals surface area contributed by atoms with E-state index < -0.39 is 75.7 Å². The Morgan fingerprint density at radius 1 is 0.556 bits per heavy atom. The maximum Gasteiger partial charge on any atom is 0.700 e. The highest BCUT2D eigenvalue weighted by molar-refractivity contribution is 7.86. The van der Waals surface area contributed by atoms with Gasteiger partial charge < -0.3 is 9.47 Å². The van der Waals surface area contributed by atoms with Crippen LogP contribution in [0.25, 0.3) is 0 Å². The van der Waals surface area contributed by atoms with Crippen LogP contribution >= 0.6 is 8.25 Å². The fraction of sp³-hybridized carbons (Fsp3) is 0.294. The van der Waals surface area contributed by atoms with Gasteiger partial charge in [0, 0.05) is 4.57 Å². The Morgan fingerprint density at radius 3 is 1.22 bits per heavy atom. The minimum Gasteiger partial charge on any atom is -0.457 e. The number of alkyl halides is 6. The van der Waals surface area contributed by atoms with Crippen molar-refractivity contribution in [3.63, 3.8) is 0 Å². The van der Waals surface area contributed by atoms with Crippen molar-refractivity contribution in [2.75, 3.05) is 0 Å². The van der Waals surface area contributed by atoms with Gasteiger partial charge in [0.1, 0.15) is 23.0 Å². The molecular weight excluding hydrogens is 793 g/mol. The highest BCUT2D eigenvalue weighted by atomic mass is 32.2. The van der Waals surface area contributed by atoms with Gasteiger partial charge in [0.05, 0.1) is 11.1 Å². The summed E-state index contributed by atoms with van der Waals surface area (Å²) >= 11 is 0. The van der Waals surface area contributed by atoms with E-state index >= 15 is 0 Å².